The van der Waals surface area contributed by atoms with Gasteiger partial charge in [-0.15, -0.1) is 0 Å². The molecule has 0 saturated heterocycles. The van der Waals surface area contributed by atoms with Crippen molar-refractivity contribution in [1.29, 1.82) is 0 Å². The van der Waals surface area contributed by atoms with Gasteiger partial charge < -0.3 is 15.9 Å². The summed E-state index contributed by atoms with van der Waals surface area (Å²) in [6.07, 6.45) is 10.4. The molecular weight excluding hydrogens is 374 g/mol. The van der Waals surface area contributed by atoms with Gasteiger partial charge in [-0.1, -0.05) is 38.5 Å². The van der Waals surface area contributed by atoms with E-state index in [1.54, 1.807) is 0 Å². The second-order valence-electron chi connectivity index (χ2n) is 7.88. The molecule has 2 rings (SSSR count). The minimum Gasteiger partial charge on any atom is -0.480 e. The largest absolute Gasteiger partial charge is 0.480 e. The molecule has 1 aliphatic rings. The van der Waals surface area contributed by atoms with Gasteiger partial charge in [0.1, 0.15) is 11.7 Å². The first kappa shape index (κ1) is 23.1. The fraction of sp³-hybridized carbons (Fsp3) is 0.667. The molecule has 0 unspecified atom stereocenters. The Labute approximate surface area is 171 Å². The number of aliphatic carboxylic acids is 1. The maximum Gasteiger partial charge on any atom is 0.352 e. The second-order valence-corrected chi connectivity index (χ2v) is 7.88. The highest BCUT2D eigenvalue weighted by Crippen LogP contribution is 2.28. The predicted octanol–water partition coefficient (Wildman–Crippen LogP) is 2.73. The number of carboxylic acid groups (broad SMARTS) is 2. The number of nitrogens with one attached hydrogen (secondary N) is 1. The van der Waals surface area contributed by atoms with Gasteiger partial charge in [0.05, 0.1) is 6.04 Å². The smallest absolute Gasteiger partial charge is 0.352 e. The molecule has 0 aromatic carbocycles. The standard InChI is InChI=1S/C21H33N3O5/c22-13-5-4-9-16(19(25)24-14-6-10-18(24)21(28)29)23-17(20(26)27)12-11-15-7-2-1-3-8-15/h6,10,14-17,23H,1-5,7-9,11-13,22H2,(H,26,27)(H,28,29)/t16-,17-/m0/s1. The van der Waals surface area contributed by atoms with Crippen LogP contribution in [0.4, 0.5) is 0 Å². The maximum atomic E-state index is 13.0. The molecule has 162 valence electrons. The quantitative estimate of drug-likeness (QED) is 0.391. The van der Waals surface area contributed by atoms with Crippen LogP contribution >= 0.6 is 0 Å². The molecule has 1 aromatic heterocycles. The zero-order valence-corrected chi connectivity index (χ0v) is 16.9. The third kappa shape index (κ3) is 6.97. The molecule has 1 heterocycles. The Bertz CT molecular complexity index is 682. The van der Waals surface area contributed by atoms with E-state index < -0.39 is 29.9 Å². The van der Waals surface area contributed by atoms with Gasteiger partial charge in [-0.05, 0) is 50.3 Å². The Hall–Kier alpha value is -2.19. The molecule has 8 nitrogen and oxygen atoms in total. The van der Waals surface area contributed by atoms with Crippen molar-refractivity contribution in [2.45, 2.75) is 76.3 Å². The van der Waals surface area contributed by atoms with E-state index in [1.165, 1.54) is 37.6 Å². The van der Waals surface area contributed by atoms with Crippen molar-refractivity contribution in [3.8, 4) is 0 Å². The van der Waals surface area contributed by atoms with E-state index in [0.29, 0.717) is 38.1 Å². The summed E-state index contributed by atoms with van der Waals surface area (Å²) in [4.78, 5) is 36.2. The molecule has 0 radical (unpaired) electrons. The van der Waals surface area contributed by atoms with Crippen molar-refractivity contribution in [2.24, 2.45) is 11.7 Å². The van der Waals surface area contributed by atoms with Crippen molar-refractivity contribution < 1.29 is 24.6 Å². The van der Waals surface area contributed by atoms with Crippen LogP contribution in [-0.2, 0) is 4.79 Å². The van der Waals surface area contributed by atoms with Gasteiger partial charge in [0.25, 0.3) is 0 Å². The van der Waals surface area contributed by atoms with Crippen molar-refractivity contribution in [3.63, 3.8) is 0 Å². The number of carbonyl (C=O) groups is 3. The van der Waals surface area contributed by atoms with Crippen LogP contribution < -0.4 is 11.1 Å². The van der Waals surface area contributed by atoms with E-state index >= 15 is 0 Å². The summed E-state index contributed by atoms with van der Waals surface area (Å²) >= 11 is 0. The summed E-state index contributed by atoms with van der Waals surface area (Å²) in [5.41, 5.74) is 5.42. The lowest BCUT2D eigenvalue weighted by molar-refractivity contribution is -0.139. The van der Waals surface area contributed by atoms with Gasteiger partial charge >= 0.3 is 11.9 Å². The lowest BCUT2D eigenvalue weighted by Gasteiger charge is -2.26. The molecule has 0 aliphatic heterocycles. The Morgan fingerprint density at radius 2 is 1.83 bits per heavy atom. The van der Waals surface area contributed by atoms with E-state index in [2.05, 4.69) is 5.32 Å². The highest BCUT2D eigenvalue weighted by atomic mass is 16.4. The van der Waals surface area contributed by atoms with Crippen LogP contribution in [0, 0.1) is 5.92 Å². The molecule has 1 saturated carbocycles. The molecule has 8 heteroatoms. The topological polar surface area (TPSA) is 135 Å². The molecule has 1 aliphatic carbocycles. The molecule has 5 N–H and O–H groups in total. The fourth-order valence-electron chi connectivity index (χ4n) is 4.09. The van der Waals surface area contributed by atoms with E-state index in [1.807, 2.05) is 0 Å². The third-order valence-electron chi connectivity index (χ3n) is 5.74. The highest BCUT2D eigenvalue weighted by molar-refractivity contribution is 5.94. The van der Waals surface area contributed by atoms with Gasteiger partial charge in [-0.3, -0.25) is 19.5 Å². The zero-order chi connectivity index (χ0) is 21.2. The van der Waals surface area contributed by atoms with Crippen LogP contribution in [-0.4, -0.2) is 51.3 Å². The Morgan fingerprint density at radius 1 is 1.10 bits per heavy atom. The van der Waals surface area contributed by atoms with Gasteiger partial charge in [0, 0.05) is 6.20 Å². The van der Waals surface area contributed by atoms with Gasteiger partial charge in [0.15, 0.2) is 0 Å². The molecular formula is C21H33N3O5. The average molecular weight is 408 g/mol. The number of aromatic carboxylic acids is 1. The van der Waals surface area contributed by atoms with E-state index in [0.717, 1.165) is 23.8 Å². The van der Waals surface area contributed by atoms with Crippen LogP contribution in [0.2, 0.25) is 0 Å². The maximum absolute atomic E-state index is 13.0. The second kappa shape index (κ2) is 11.7. The number of nitrogens with two attached hydrogens (primary N) is 1. The minimum absolute atomic E-state index is 0.130. The Morgan fingerprint density at radius 3 is 2.45 bits per heavy atom. The van der Waals surface area contributed by atoms with Crippen LogP contribution in [0.3, 0.4) is 0 Å². The number of aromatic nitrogens is 1. The van der Waals surface area contributed by atoms with Crippen molar-refractivity contribution in [1.82, 2.24) is 9.88 Å². The number of rotatable bonds is 12. The van der Waals surface area contributed by atoms with Crippen molar-refractivity contribution >= 4 is 17.8 Å². The SMILES string of the molecule is NCCCC[C@H](N[C@@H](CCC1CCCCC1)C(=O)O)C(=O)n1cccc1C(=O)O. The number of hydrogen-bond donors (Lipinski definition) is 4. The zero-order valence-electron chi connectivity index (χ0n) is 16.9. The minimum atomic E-state index is -1.20. The molecule has 1 aromatic rings. The van der Waals surface area contributed by atoms with Crippen LogP contribution in [0.1, 0.15) is 79.5 Å². The van der Waals surface area contributed by atoms with Gasteiger partial charge in [-0.2, -0.15) is 0 Å². The van der Waals surface area contributed by atoms with Crippen molar-refractivity contribution in [3.05, 3.63) is 24.0 Å². The Kier molecular flexibility index (Phi) is 9.34. The fourth-order valence-corrected chi connectivity index (χ4v) is 4.09. The normalized spacial score (nSPS) is 17.0. The van der Waals surface area contributed by atoms with Crippen molar-refractivity contribution in [2.75, 3.05) is 6.54 Å². The van der Waals surface area contributed by atoms with E-state index in [4.69, 9.17) is 5.73 Å². The first-order valence-corrected chi connectivity index (χ1v) is 10.6. The molecule has 1 fully saturated rings. The first-order valence-electron chi connectivity index (χ1n) is 10.6. The summed E-state index contributed by atoms with van der Waals surface area (Å²) in [6, 6.07) is 1.23. The predicted molar refractivity (Wildman–Crippen MR) is 109 cm³/mol. The van der Waals surface area contributed by atoms with Gasteiger partial charge in [-0.25, -0.2) is 4.79 Å². The summed E-state index contributed by atoms with van der Waals surface area (Å²) in [5, 5.41) is 22.0. The third-order valence-corrected chi connectivity index (χ3v) is 5.74. The summed E-state index contributed by atoms with van der Waals surface area (Å²) in [5.74, 6) is -2.09. The summed E-state index contributed by atoms with van der Waals surface area (Å²) in [6.45, 7) is 0.481. The molecule has 0 bridgehead atoms. The van der Waals surface area contributed by atoms with E-state index in [9.17, 15) is 24.6 Å². The van der Waals surface area contributed by atoms with Crippen LogP contribution in [0.15, 0.2) is 18.3 Å². The molecule has 2 atom stereocenters. The van der Waals surface area contributed by atoms with Crippen LogP contribution in [0.25, 0.3) is 0 Å². The Balaban J connectivity index is 2.09. The number of unbranched alkanes of at least 4 members (excludes halogenated alkanes) is 1. The van der Waals surface area contributed by atoms with Gasteiger partial charge in [0.2, 0.25) is 5.91 Å². The lowest BCUT2D eigenvalue weighted by Crippen LogP contribution is -2.49. The molecule has 0 amide bonds. The number of hydrogen-bond acceptors (Lipinski definition) is 5. The summed E-state index contributed by atoms with van der Waals surface area (Å²) < 4.78 is 1.09. The monoisotopic (exact) mass is 407 g/mol. The number of nitrogens with zero attached hydrogens (tertiary/aromatic N) is 1. The lowest BCUT2D eigenvalue weighted by atomic mass is 9.85. The highest BCUT2D eigenvalue weighted by Gasteiger charge is 2.29. The van der Waals surface area contributed by atoms with E-state index in [-0.39, 0.29) is 5.69 Å². The molecule has 0 spiro atoms. The summed E-state index contributed by atoms with van der Waals surface area (Å²) in [7, 11) is 0. The number of carboxylic acids is 2. The van der Waals surface area contributed by atoms with Crippen LogP contribution in [0.5, 0.6) is 0 Å². The number of carbonyl (C=O) groups excluding carboxylic acids is 1. The first-order chi connectivity index (χ1) is 13.9. The molecule has 29 heavy (non-hydrogen) atoms. The average Bonchev–Trinajstić information content (AvgIpc) is 3.20.